The summed E-state index contributed by atoms with van der Waals surface area (Å²) in [7, 11) is 1.90. The summed E-state index contributed by atoms with van der Waals surface area (Å²) in [6, 6.07) is 9.43. The first-order chi connectivity index (χ1) is 12.5. The van der Waals surface area contributed by atoms with Gasteiger partial charge < -0.3 is 10.6 Å². The highest BCUT2D eigenvalue weighted by Crippen LogP contribution is 2.28. The van der Waals surface area contributed by atoms with E-state index < -0.39 is 5.91 Å². The van der Waals surface area contributed by atoms with Gasteiger partial charge in [-0.1, -0.05) is 36.9 Å². The van der Waals surface area contributed by atoms with Gasteiger partial charge in [-0.25, -0.2) is 4.98 Å². The van der Waals surface area contributed by atoms with Crippen molar-refractivity contribution in [3.63, 3.8) is 0 Å². The third kappa shape index (κ3) is 4.18. The third-order valence-electron chi connectivity index (χ3n) is 5.23. The lowest BCUT2D eigenvalue weighted by Crippen LogP contribution is -2.40. The third-order valence-corrected chi connectivity index (χ3v) is 6.12. The number of carbonyl (C=O) groups excluding carboxylic acids is 2. The first-order valence-electron chi connectivity index (χ1n) is 9.03. The fraction of sp³-hybridized carbons (Fsp3) is 0.450. The van der Waals surface area contributed by atoms with Crippen LogP contribution in [0.2, 0.25) is 0 Å². The minimum absolute atomic E-state index is 0.102. The molecule has 138 valence electrons. The van der Waals surface area contributed by atoms with Crippen LogP contribution in [0.4, 0.5) is 0 Å². The summed E-state index contributed by atoms with van der Waals surface area (Å²) in [4.78, 5) is 30.8. The molecule has 1 aliphatic rings. The van der Waals surface area contributed by atoms with E-state index >= 15 is 0 Å². The van der Waals surface area contributed by atoms with Crippen molar-refractivity contribution in [2.24, 2.45) is 11.7 Å². The van der Waals surface area contributed by atoms with Crippen LogP contribution in [-0.2, 0) is 4.79 Å². The number of thioether (sulfide) groups is 1. The lowest BCUT2D eigenvalue weighted by Gasteiger charge is -2.33. The van der Waals surface area contributed by atoms with E-state index in [0.29, 0.717) is 27.9 Å². The number of hydrogen-bond donors (Lipinski definition) is 1. The number of pyridine rings is 1. The van der Waals surface area contributed by atoms with Crippen molar-refractivity contribution in [1.82, 2.24) is 9.88 Å². The minimum atomic E-state index is -0.481. The van der Waals surface area contributed by atoms with Crippen molar-refractivity contribution in [3.8, 4) is 0 Å². The number of rotatable bonds is 5. The monoisotopic (exact) mass is 371 g/mol. The van der Waals surface area contributed by atoms with Gasteiger partial charge in [0.1, 0.15) is 0 Å². The minimum Gasteiger partial charge on any atom is -0.366 e. The summed E-state index contributed by atoms with van der Waals surface area (Å²) in [5, 5.41) is 1.39. The van der Waals surface area contributed by atoms with E-state index in [1.165, 1.54) is 24.6 Å². The van der Waals surface area contributed by atoms with Gasteiger partial charge in [0.2, 0.25) is 11.8 Å². The van der Waals surface area contributed by atoms with Gasteiger partial charge in [0, 0.05) is 18.5 Å². The van der Waals surface area contributed by atoms with Crippen molar-refractivity contribution < 1.29 is 9.59 Å². The van der Waals surface area contributed by atoms with Gasteiger partial charge in [0.05, 0.1) is 21.9 Å². The van der Waals surface area contributed by atoms with Gasteiger partial charge in [-0.3, -0.25) is 9.59 Å². The molecule has 1 heterocycles. The largest absolute Gasteiger partial charge is 0.366 e. The SMILES string of the molecule is CC1CCC(N(C)C(=O)CSc2cc(C(N)=O)c3ccccc3n2)CC1. The molecule has 2 aromatic rings. The Morgan fingerprint density at radius 1 is 1.23 bits per heavy atom. The molecule has 0 saturated heterocycles. The zero-order valence-corrected chi connectivity index (χ0v) is 16.1. The van der Waals surface area contributed by atoms with Crippen molar-refractivity contribution in [3.05, 3.63) is 35.9 Å². The van der Waals surface area contributed by atoms with Crippen molar-refractivity contribution >= 4 is 34.5 Å². The zero-order chi connectivity index (χ0) is 18.7. The predicted molar refractivity (Wildman–Crippen MR) is 105 cm³/mol. The Kier molecular flexibility index (Phi) is 5.81. The Bertz CT molecular complexity index is 816. The van der Waals surface area contributed by atoms with E-state index in [0.717, 1.165) is 24.1 Å². The molecule has 5 nitrogen and oxygen atoms in total. The molecule has 2 amide bonds. The number of amides is 2. The molecule has 1 saturated carbocycles. The molecule has 1 aliphatic carbocycles. The molecule has 1 aromatic carbocycles. The van der Waals surface area contributed by atoms with E-state index in [2.05, 4.69) is 11.9 Å². The van der Waals surface area contributed by atoms with Crippen LogP contribution in [0.5, 0.6) is 0 Å². The number of para-hydroxylation sites is 1. The van der Waals surface area contributed by atoms with Crippen LogP contribution in [0, 0.1) is 5.92 Å². The maximum atomic E-state index is 12.6. The molecular formula is C20H25N3O2S. The van der Waals surface area contributed by atoms with Crippen LogP contribution >= 0.6 is 11.8 Å². The van der Waals surface area contributed by atoms with E-state index in [1.54, 1.807) is 6.07 Å². The Balaban J connectivity index is 1.69. The van der Waals surface area contributed by atoms with Crippen LogP contribution in [-0.4, -0.2) is 40.5 Å². The average Bonchev–Trinajstić information content (AvgIpc) is 2.65. The van der Waals surface area contributed by atoms with Crippen LogP contribution in [0.1, 0.15) is 43.0 Å². The maximum absolute atomic E-state index is 12.6. The molecule has 0 unspecified atom stereocenters. The average molecular weight is 372 g/mol. The molecule has 0 radical (unpaired) electrons. The van der Waals surface area contributed by atoms with Crippen molar-refractivity contribution in [2.45, 2.75) is 43.7 Å². The second-order valence-corrected chi connectivity index (χ2v) is 8.09. The number of nitrogens with two attached hydrogens (primary N) is 1. The summed E-state index contributed by atoms with van der Waals surface area (Å²) in [5.41, 5.74) is 6.67. The topological polar surface area (TPSA) is 76.3 Å². The molecule has 0 spiro atoms. The molecular weight excluding hydrogens is 346 g/mol. The maximum Gasteiger partial charge on any atom is 0.249 e. The van der Waals surface area contributed by atoms with Crippen molar-refractivity contribution in [1.29, 1.82) is 0 Å². The summed E-state index contributed by atoms with van der Waals surface area (Å²) < 4.78 is 0. The van der Waals surface area contributed by atoms with E-state index in [-0.39, 0.29) is 5.91 Å². The Morgan fingerprint density at radius 3 is 2.62 bits per heavy atom. The first-order valence-corrected chi connectivity index (χ1v) is 10.0. The second-order valence-electron chi connectivity index (χ2n) is 7.10. The quantitative estimate of drug-likeness (QED) is 0.817. The molecule has 0 aliphatic heterocycles. The standard InChI is InChI=1S/C20H25N3O2S/c1-13-7-9-14(10-8-13)23(2)19(24)12-26-18-11-16(20(21)25)15-5-3-4-6-17(15)22-18/h3-6,11,13-14H,7-10,12H2,1-2H3,(H2,21,25). The lowest BCUT2D eigenvalue weighted by atomic mass is 9.87. The number of carbonyl (C=O) groups is 2. The Hall–Kier alpha value is -2.08. The highest BCUT2D eigenvalue weighted by molar-refractivity contribution is 7.99. The normalized spacial score (nSPS) is 20.1. The number of nitrogens with zero attached hydrogens (tertiary/aromatic N) is 2. The summed E-state index contributed by atoms with van der Waals surface area (Å²) in [6.07, 6.45) is 4.52. The summed E-state index contributed by atoms with van der Waals surface area (Å²) >= 11 is 1.36. The summed E-state index contributed by atoms with van der Waals surface area (Å²) in [6.45, 7) is 2.27. The molecule has 0 atom stereocenters. The number of hydrogen-bond acceptors (Lipinski definition) is 4. The number of fused-ring (bicyclic) bond motifs is 1. The van der Waals surface area contributed by atoms with Crippen LogP contribution < -0.4 is 5.73 Å². The van der Waals surface area contributed by atoms with Crippen LogP contribution in [0.3, 0.4) is 0 Å². The van der Waals surface area contributed by atoms with Gasteiger partial charge in [0.15, 0.2) is 0 Å². The molecule has 3 rings (SSSR count). The first kappa shape index (κ1) is 18.7. The highest BCUT2D eigenvalue weighted by Gasteiger charge is 2.24. The number of aromatic nitrogens is 1. The fourth-order valence-electron chi connectivity index (χ4n) is 3.50. The second kappa shape index (κ2) is 8.08. The van der Waals surface area contributed by atoms with Crippen molar-refractivity contribution in [2.75, 3.05) is 12.8 Å². The lowest BCUT2D eigenvalue weighted by molar-refractivity contribution is -0.129. The van der Waals surface area contributed by atoms with Gasteiger partial charge >= 0.3 is 0 Å². The van der Waals surface area contributed by atoms with E-state index in [4.69, 9.17) is 5.73 Å². The molecule has 2 N–H and O–H groups in total. The number of primary amides is 1. The number of benzene rings is 1. The van der Waals surface area contributed by atoms with Crippen LogP contribution in [0.15, 0.2) is 35.4 Å². The zero-order valence-electron chi connectivity index (χ0n) is 15.3. The van der Waals surface area contributed by atoms with Gasteiger partial charge in [0.25, 0.3) is 0 Å². The van der Waals surface area contributed by atoms with Gasteiger partial charge in [-0.2, -0.15) is 0 Å². The molecule has 0 bridgehead atoms. The van der Waals surface area contributed by atoms with E-state index in [1.807, 2.05) is 36.2 Å². The molecule has 1 aromatic heterocycles. The van der Waals surface area contributed by atoms with Crippen LogP contribution in [0.25, 0.3) is 10.9 Å². The van der Waals surface area contributed by atoms with Gasteiger partial charge in [-0.15, -0.1) is 0 Å². The molecule has 26 heavy (non-hydrogen) atoms. The molecule has 1 fully saturated rings. The highest BCUT2D eigenvalue weighted by atomic mass is 32.2. The predicted octanol–water partition coefficient (Wildman–Crippen LogP) is 3.46. The molecule has 6 heteroatoms. The fourth-order valence-corrected chi connectivity index (χ4v) is 4.34. The summed E-state index contributed by atoms with van der Waals surface area (Å²) in [5.74, 6) is 0.694. The van der Waals surface area contributed by atoms with Gasteiger partial charge in [-0.05, 0) is 43.7 Å². The smallest absolute Gasteiger partial charge is 0.249 e. The van der Waals surface area contributed by atoms with E-state index in [9.17, 15) is 9.59 Å². The Morgan fingerprint density at radius 2 is 1.92 bits per heavy atom. The Labute approximate surface area is 158 Å².